The van der Waals surface area contributed by atoms with Gasteiger partial charge >= 0.3 is 0 Å². The number of Topliss-reactive ketones (excluding diaryl/α,β-unsaturated/α-hetero) is 1. The lowest BCUT2D eigenvalue weighted by Crippen LogP contribution is -2.36. The SMILES string of the molecule is O=C(C#Cc1ccccc1)C(O)(c1ccccc1)c1ccccc1. The molecule has 1 N–H and O–H groups in total. The van der Waals surface area contributed by atoms with E-state index in [1.807, 2.05) is 42.5 Å². The minimum Gasteiger partial charge on any atom is -0.372 e. The number of hydrogen-bond donors (Lipinski definition) is 1. The molecule has 0 spiro atoms. The van der Waals surface area contributed by atoms with Crippen molar-refractivity contribution >= 4 is 5.78 Å². The number of hydrogen-bond acceptors (Lipinski definition) is 2. The minimum atomic E-state index is -1.79. The van der Waals surface area contributed by atoms with Gasteiger partial charge in [-0.3, -0.25) is 4.79 Å². The number of aliphatic hydroxyl groups is 1. The van der Waals surface area contributed by atoms with Crippen LogP contribution in [0.1, 0.15) is 16.7 Å². The van der Waals surface area contributed by atoms with Crippen LogP contribution in [0.15, 0.2) is 91.0 Å². The van der Waals surface area contributed by atoms with E-state index in [4.69, 9.17) is 0 Å². The Labute approximate surface area is 141 Å². The molecule has 0 aliphatic heterocycles. The number of carbonyl (C=O) groups is 1. The Balaban J connectivity index is 2.06. The van der Waals surface area contributed by atoms with Gasteiger partial charge in [-0.2, -0.15) is 0 Å². The molecule has 0 aromatic heterocycles. The minimum absolute atomic E-state index is 0.503. The second-order valence-electron chi connectivity index (χ2n) is 5.39. The van der Waals surface area contributed by atoms with Crippen molar-refractivity contribution in [3.05, 3.63) is 108 Å². The largest absolute Gasteiger partial charge is 0.372 e. The van der Waals surface area contributed by atoms with Crippen molar-refractivity contribution in [3.63, 3.8) is 0 Å². The van der Waals surface area contributed by atoms with E-state index in [1.54, 1.807) is 48.5 Å². The molecule has 0 fully saturated rings. The van der Waals surface area contributed by atoms with Gasteiger partial charge in [0.15, 0.2) is 5.60 Å². The molecule has 0 amide bonds. The Morgan fingerprint density at radius 3 is 1.58 bits per heavy atom. The van der Waals surface area contributed by atoms with Gasteiger partial charge in [0, 0.05) is 5.56 Å². The zero-order valence-corrected chi connectivity index (χ0v) is 13.0. The van der Waals surface area contributed by atoms with Crippen molar-refractivity contribution in [2.75, 3.05) is 0 Å². The van der Waals surface area contributed by atoms with Crippen LogP contribution in [0.2, 0.25) is 0 Å². The summed E-state index contributed by atoms with van der Waals surface area (Å²) in [5, 5.41) is 11.2. The van der Waals surface area contributed by atoms with Crippen LogP contribution in [-0.2, 0) is 10.4 Å². The van der Waals surface area contributed by atoms with Crippen LogP contribution in [0.3, 0.4) is 0 Å². The standard InChI is InChI=1S/C22H16O2/c23-21(17-16-18-10-4-1-5-11-18)22(24,19-12-6-2-7-13-19)20-14-8-3-9-15-20/h1-15,24H. The Hall–Kier alpha value is -3.15. The third-order valence-electron chi connectivity index (χ3n) is 3.81. The molecule has 0 saturated heterocycles. The Bertz CT molecular complexity index is 833. The topological polar surface area (TPSA) is 37.3 Å². The lowest BCUT2D eigenvalue weighted by molar-refractivity contribution is -0.128. The maximum atomic E-state index is 12.8. The highest BCUT2D eigenvalue weighted by Gasteiger charge is 2.38. The van der Waals surface area contributed by atoms with E-state index in [2.05, 4.69) is 11.8 Å². The predicted octanol–water partition coefficient (Wildman–Crippen LogP) is 3.54. The number of ketones is 1. The zero-order chi connectivity index (χ0) is 16.8. The van der Waals surface area contributed by atoms with Crippen LogP contribution < -0.4 is 0 Å². The molecule has 2 heteroatoms. The molecular formula is C22H16O2. The summed E-state index contributed by atoms with van der Waals surface area (Å²) in [5.41, 5.74) is -0.0499. The summed E-state index contributed by atoms with van der Waals surface area (Å²) in [5.74, 6) is 4.88. The van der Waals surface area contributed by atoms with Crippen LogP contribution in [-0.4, -0.2) is 10.9 Å². The first-order valence-corrected chi connectivity index (χ1v) is 7.66. The summed E-state index contributed by atoms with van der Waals surface area (Å²) in [7, 11) is 0. The number of benzene rings is 3. The predicted molar refractivity (Wildman–Crippen MR) is 94.2 cm³/mol. The molecule has 3 aromatic rings. The van der Waals surface area contributed by atoms with Gasteiger partial charge in [-0.05, 0) is 29.2 Å². The molecule has 0 aliphatic carbocycles. The highest BCUT2D eigenvalue weighted by molar-refractivity contribution is 6.05. The van der Waals surface area contributed by atoms with Gasteiger partial charge in [-0.15, -0.1) is 0 Å². The average molecular weight is 312 g/mol. The fourth-order valence-corrected chi connectivity index (χ4v) is 2.53. The number of carbonyl (C=O) groups excluding carboxylic acids is 1. The molecule has 0 radical (unpaired) electrons. The number of rotatable bonds is 3. The van der Waals surface area contributed by atoms with Gasteiger partial charge in [-0.1, -0.05) is 84.8 Å². The van der Waals surface area contributed by atoms with Gasteiger partial charge in [0.25, 0.3) is 0 Å². The molecule has 0 atom stereocenters. The van der Waals surface area contributed by atoms with Crippen LogP contribution in [0.4, 0.5) is 0 Å². The molecule has 0 unspecified atom stereocenters. The van der Waals surface area contributed by atoms with Gasteiger partial charge in [-0.25, -0.2) is 0 Å². The summed E-state index contributed by atoms with van der Waals surface area (Å²) >= 11 is 0. The maximum absolute atomic E-state index is 12.8. The van der Waals surface area contributed by atoms with E-state index in [9.17, 15) is 9.90 Å². The molecule has 0 aliphatic rings. The van der Waals surface area contributed by atoms with E-state index < -0.39 is 11.4 Å². The van der Waals surface area contributed by atoms with Crippen LogP contribution in [0, 0.1) is 11.8 Å². The zero-order valence-electron chi connectivity index (χ0n) is 13.0. The smallest absolute Gasteiger partial charge is 0.246 e. The van der Waals surface area contributed by atoms with Gasteiger partial charge in [0.05, 0.1) is 0 Å². The van der Waals surface area contributed by atoms with Crippen molar-refractivity contribution in [3.8, 4) is 11.8 Å². The molecule has 116 valence electrons. The maximum Gasteiger partial charge on any atom is 0.246 e. The quantitative estimate of drug-likeness (QED) is 0.751. The first-order chi connectivity index (χ1) is 11.7. The van der Waals surface area contributed by atoms with Crippen molar-refractivity contribution in [2.45, 2.75) is 5.60 Å². The van der Waals surface area contributed by atoms with Crippen LogP contribution >= 0.6 is 0 Å². The Morgan fingerprint density at radius 2 is 1.12 bits per heavy atom. The fourth-order valence-electron chi connectivity index (χ4n) is 2.53. The van der Waals surface area contributed by atoms with Gasteiger partial charge in [0.2, 0.25) is 5.78 Å². The highest BCUT2D eigenvalue weighted by Crippen LogP contribution is 2.30. The van der Waals surface area contributed by atoms with Crippen molar-refractivity contribution < 1.29 is 9.90 Å². The molecule has 0 saturated carbocycles. The summed E-state index contributed by atoms with van der Waals surface area (Å²) in [4.78, 5) is 12.8. The molecular weight excluding hydrogens is 296 g/mol. The molecule has 3 aromatic carbocycles. The van der Waals surface area contributed by atoms with Crippen molar-refractivity contribution in [2.24, 2.45) is 0 Å². The summed E-state index contributed by atoms with van der Waals surface area (Å²) in [6, 6.07) is 27.0. The molecule has 3 rings (SSSR count). The second kappa shape index (κ2) is 6.95. The molecule has 24 heavy (non-hydrogen) atoms. The second-order valence-corrected chi connectivity index (χ2v) is 5.39. The fraction of sp³-hybridized carbons (Fsp3) is 0.0455. The van der Waals surface area contributed by atoms with Crippen LogP contribution in [0.25, 0.3) is 0 Å². The van der Waals surface area contributed by atoms with Gasteiger partial charge in [0.1, 0.15) is 0 Å². The van der Waals surface area contributed by atoms with Crippen molar-refractivity contribution in [1.82, 2.24) is 0 Å². The normalized spacial score (nSPS) is 10.5. The van der Waals surface area contributed by atoms with E-state index in [0.717, 1.165) is 5.56 Å². The van der Waals surface area contributed by atoms with Crippen LogP contribution in [0.5, 0.6) is 0 Å². The van der Waals surface area contributed by atoms with E-state index >= 15 is 0 Å². The monoisotopic (exact) mass is 312 g/mol. The highest BCUT2D eigenvalue weighted by atomic mass is 16.3. The summed E-state index contributed by atoms with van der Waals surface area (Å²) in [6.07, 6.45) is 0. The van der Waals surface area contributed by atoms with E-state index in [1.165, 1.54) is 0 Å². The Kier molecular flexibility index (Phi) is 4.56. The van der Waals surface area contributed by atoms with Crippen molar-refractivity contribution in [1.29, 1.82) is 0 Å². The first-order valence-electron chi connectivity index (χ1n) is 7.66. The molecule has 0 bridgehead atoms. The molecule has 0 heterocycles. The average Bonchev–Trinajstić information content (AvgIpc) is 2.67. The van der Waals surface area contributed by atoms with E-state index in [0.29, 0.717) is 11.1 Å². The first kappa shape index (κ1) is 15.7. The lowest BCUT2D eigenvalue weighted by atomic mass is 9.83. The Morgan fingerprint density at radius 1 is 0.708 bits per heavy atom. The third kappa shape index (κ3) is 3.12. The van der Waals surface area contributed by atoms with Gasteiger partial charge < -0.3 is 5.11 Å². The molecule has 2 nitrogen and oxygen atoms in total. The lowest BCUT2D eigenvalue weighted by Gasteiger charge is -2.25. The van der Waals surface area contributed by atoms with E-state index in [-0.39, 0.29) is 0 Å². The summed E-state index contributed by atoms with van der Waals surface area (Å²) < 4.78 is 0. The summed E-state index contributed by atoms with van der Waals surface area (Å²) in [6.45, 7) is 0. The third-order valence-corrected chi connectivity index (χ3v) is 3.81.